The molecule has 0 fully saturated rings. The van der Waals surface area contributed by atoms with Crippen LogP contribution in [0.4, 0.5) is 32.0 Å². The summed E-state index contributed by atoms with van der Waals surface area (Å²) in [6.45, 7) is 9.33. The van der Waals surface area contributed by atoms with Crippen LogP contribution in [0.25, 0.3) is 0 Å². The number of hydrogen-bond donors (Lipinski definition) is 2. The number of rotatable bonds is 23. The number of aryl methyl sites for hydroxylation is 2. The van der Waals surface area contributed by atoms with Crippen LogP contribution in [-0.4, -0.2) is 54.7 Å². The molecule has 0 radical (unpaired) electrons. The summed E-state index contributed by atoms with van der Waals surface area (Å²) in [6, 6.07) is 36.2. The lowest BCUT2D eigenvalue weighted by Crippen LogP contribution is -2.51. The molecule has 0 aliphatic carbocycles. The number of anilines is 1. The van der Waals surface area contributed by atoms with Crippen molar-refractivity contribution in [3.8, 4) is 5.75 Å². The molecule has 3 N–H and O–H groups in total. The molecule has 3 atom stereocenters. The summed E-state index contributed by atoms with van der Waals surface area (Å²) < 4.78 is 120. The first-order valence-electron chi connectivity index (χ1n) is 23.7. The smallest absolute Gasteiger partial charge is 0.444 e. The Morgan fingerprint density at radius 2 is 1.36 bits per heavy atom. The van der Waals surface area contributed by atoms with Crippen LogP contribution in [-0.2, 0) is 56.2 Å². The van der Waals surface area contributed by atoms with E-state index in [2.05, 4.69) is 16.9 Å². The third kappa shape index (κ3) is 16.0. The van der Waals surface area contributed by atoms with Crippen molar-refractivity contribution >= 4 is 42.9 Å². The van der Waals surface area contributed by atoms with E-state index in [1.807, 2.05) is 18.2 Å². The first kappa shape index (κ1) is 57.2. The molecule has 3 unspecified atom stereocenters. The number of hydrogen-bond acceptors (Lipinski definition) is 10. The molecular formula is C55H57F6N4O9P. The van der Waals surface area contributed by atoms with Gasteiger partial charge >= 0.3 is 26.1 Å². The van der Waals surface area contributed by atoms with Gasteiger partial charge in [-0.1, -0.05) is 141 Å². The van der Waals surface area contributed by atoms with Crippen LogP contribution >= 0.6 is 7.82 Å². The summed E-state index contributed by atoms with van der Waals surface area (Å²) in [5.41, 5.74) is 7.75. The topological polar surface area (TPSA) is 176 Å². The van der Waals surface area contributed by atoms with Gasteiger partial charge in [0.1, 0.15) is 5.75 Å². The molecule has 0 spiro atoms. The summed E-state index contributed by atoms with van der Waals surface area (Å²) in [6.07, 6.45) is -16.8. The van der Waals surface area contributed by atoms with E-state index in [9.17, 15) is 50.1 Å². The van der Waals surface area contributed by atoms with Gasteiger partial charge in [-0.2, -0.15) is 26.3 Å². The van der Waals surface area contributed by atoms with Crippen LogP contribution in [0.15, 0.2) is 145 Å². The average Bonchev–Trinajstić information content (AvgIpc) is 3.44. The largest absolute Gasteiger partial charge is 0.530 e. The van der Waals surface area contributed by atoms with Gasteiger partial charge in [-0.3, -0.25) is 33.1 Å². The Balaban J connectivity index is 1.30. The van der Waals surface area contributed by atoms with Gasteiger partial charge in [-0.25, -0.2) is 9.56 Å². The molecule has 0 saturated carbocycles. The molecular weight excluding hydrogens is 1010 g/mol. The number of phosphoric acid groups is 1. The van der Waals surface area contributed by atoms with E-state index in [-0.39, 0.29) is 36.8 Å². The quantitative estimate of drug-likeness (QED) is 0.0279. The number of esters is 1. The summed E-state index contributed by atoms with van der Waals surface area (Å²) in [5, 5.41) is 2.37. The monoisotopic (exact) mass is 1060 g/mol. The molecule has 0 aromatic heterocycles. The molecule has 398 valence electrons. The predicted molar refractivity (Wildman–Crippen MR) is 269 cm³/mol. The number of carbonyl (C=O) groups excluding carboxylic acids is 4. The minimum absolute atomic E-state index is 0.104. The van der Waals surface area contributed by atoms with E-state index in [0.717, 1.165) is 10.5 Å². The van der Waals surface area contributed by atoms with E-state index < -0.39 is 105 Å². The number of phosphoric ester groups is 1. The molecule has 1 aliphatic rings. The maximum absolute atomic E-state index is 14.8. The third-order valence-electron chi connectivity index (χ3n) is 12.2. The van der Waals surface area contributed by atoms with Crippen molar-refractivity contribution in [1.82, 2.24) is 5.32 Å². The van der Waals surface area contributed by atoms with E-state index in [4.69, 9.17) is 24.0 Å². The van der Waals surface area contributed by atoms with E-state index >= 15 is 0 Å². The van der Waals surface area contributed by atoms with Crippen LogP contribution in [0.5, 0.6) is 5.75 Å². The number of nitrogens with two attached hydrogens (primary N) is 1. The SMILES string of the molecule is C=C(CC(F)(F)F)C(C(N)=O)C(CCCC(F)(F)F)C(=O)NC1N=C(c2ccccc2)c2ccccc2N(COC(=O)CC(C)(C)c2c(C)cc(C)cc2OP(=O)(OCc2ccccc2)OCc2ccccc2)C1=O. The van der Waals surface area contributed by atoms with Gasteiger partial charge in [0, 0.05) is 28.5 Å². The molecule has 75 heavy (non-hydrogen) atoms. The van der Waals surface area contributed by atoms with Gasteiger partial charge in [-0.05, 0) is 61.1 Å². The molecule has 1 aliphatic heterocycles. The van der Waals surface area contributed by atoms with E-state index in [0.29, 0.717) is 33.4 Å². The number of carbonyl (C=O) groups is 4. The highest BCUT2D eigenvalue weighted by Crippen LogP contribution is 2.54. The average molecular weight is 1060 g/mol. The van der Waals surface area contributed by atoms with E-state index in [1.165, 1.54) is 6.07 Å². The zero-order valence-corrected chi connectivity index (χ0v) is 42.5. The number of aliphatic imine (C=N–C) groups is 1. The van der Waals surface area contributed by atoms with Crippen molar-refractivity contribution in [1.29, 1.82) is 0 Å². The Morgan fingerprint density at radius 3 is 1.92 bits per heavy atom. The van der Waals surface area contributed by atoms with Gasteiger partial charge in [-0.15, -0.1) is 0 Å². The normalized spacial score (nSPS) is 15.0. The van der Waals surface area contributed by atoms with Gasteiger partial charge in [0.15, 0.2) is 6.73 Å². The van der Waals surface area contributed by atoms with Crippen molar-refractivity contribution in [2.45, 2.75) is 96.9 Å². The summed E-state index contributed by atoms with van der Waals surface area (Å²) in [4.78, 5) is 61.7. The standard InChI is InChI=1S/C55H57F6N4O9P/c1-35-28-36(2)47(44(29-35)74-75(70,72-32-38-18-9-6-10-19-38)73-33-39-20-11-7-12-21-39)53(4,5)31-45(66)71-34-65-43-26-16-15-24-41(43)48(40-22-13-8-14-23-40)63-50(52(65)69)64-51(68)42(25-17-27-54(56,57)58)46(49(62)67)37(3)30-55(59,60)61/h6-16,18-24,26,28-29,42,46,50H,3,17,25,27,30-34H2,1-2,4-5H3,(H2,62,67)(H,64,68). The van der Waals surface area contributed by atoms with Crippen LogP contribution in [0.2, 0.25) is 0 Å². The molecule has 13 nitrogen and oxygen atoms in total. The number of fused-ring (bicyclic) bond motifs is 1. The lowest BCUT2D eigenvalue weighted by molar-refractivity contribution is -0.145. The lowest BCUT2D eigenvalue weighted by Gasteiger charge is -2.31. The molecule has 0 saturated heterocycles. The second-order valence-corrected chi connectivity index (χ2v) is 20.3. The number of para-hydroxylation sites is 1. The summed E-state index contributed by atoms with van der Waals surface area (Å²) >= 11 is 0. The zero-order chi connectivity index (χ0) is 54.7. The van der Waals surface area contributed by atoms with Crippen molar-refractivity contribution in [2.75, 3.05) is 11.6 Å². The Morgan fingerprint density at radius 1 is 0.800 bits per heavy atom. The van der Waals surface area contributed by atoms with E-state index in [1.54, 1.807) is 131 Å². The fraction of sp³-hybridized carbons (Fsp3) is 0.327. The molecule has 0 bridgehead atoms. The molecule has 20 heteroatoms. The minimum Gasteiger partial charge on any atom is -0.444 e. The van der Waals surface area contributed by atoms with Gasteiger partial charge in [0.2, 0.25) is 18.0 Å². The summed E-state index contributed by atoms with van der Waals surface area (Å²) in [7, 11) is -4.42. The van der Waals surface area contributed by atoms with Crippen molar-refractivity contribution in [3.05, 3.63) is 178 Å². The second kappa shape index (κ2) is 24.5. The molecule has 5 aromatic carbocycles. The molecule has 1 heterocycles. The van der Waals surface area contributed by atoms with Gasteiger partial charge in [0.25, 0.3) is 5.91 Å². The maximum atomic E-state index is 14.8. The van der Waals surface area contributed by atoms with Gasteiger partial charge < -0.3 is 20.3 Å². The number of halogens is 6. The number of benzene rings is 5. The maximum Gasteiger partial charge on any atom is 0.530 e. The van der Waals surface area contributed by atoms with Crippen molar-refractivity contribution < 1.29 is 68.4 Å². The number of amides is 3. The van der Waals surface area contributed by atoms with Crippen LogP contribution in [0.3, 0.4) is 0 Å². The lowest BCUT2D eigenvalue weighted by atomic mass is 9.78. The van der Waals surface area contributed by atoms with Crippen molar-refractivity contribution in [2.24, 2.45) is 22.6 Å². The third-order valence-corrected chi connectivity index (χ3v) is 13.5. The van der Waals surface area contributed by atoms with Gasteiger partial charge in [0.05, 0.1) is 49.3 Å². The Bertz CT molecular complexity index is 2870. The molecule has 5 aromatic rings. The first-order valence-corrected chi connectivity index (χ1v) is 25.2. The summed E-state index contributed by atoms with van der Waals surface area (Å²) in [5.74, 6) is -8.59. The number of nitrogens with one attached hydrogen (secondary N) is 1. The number of primary amides is 1. The van der Waals surface area contributed by atoms with Crippen LogP contribution < -0.4 is 20.5 Å². The zero-order valence-electron chi connectivity index (χ0n) is 41.6. The Labute approximate surface area is 430 Å². The second-order valence-electron chi connectivity index (χ2n) is 18.7. The molecule has 6 rings (SSSR count). The predicted octanol–water partition coefficient (Wildman–Crippen LogP) is 11.7. The van der Waals surface area contributed by atoms with Crippen LogP contribution in [0.1, 0.15) is 84.9 Å². The number of benzodiazepines with no additional fused rings is 1. The number of ether oxygens (including phenoxy) is 1. The Hall–Kier alpha value is -7.08. The number of nitrogens with zero attached hydrogens (tertiary/aromatic N) is 2. The van der Waals surface area contributed by atoms with Crippen molar-refractivity contribution in [3.63, 3.8) is 0 Å². The number of alkyl halides is 6. The first-order chi connectivity index (χ1) is 35.3. The highest BCUT2D eigenvalue weighted by Gasteiger charge is 2.43. The van der Waals surface area contributed by atoms with Crippen LogP contribution in [0, 0.1) is 25.7 Å². The highest BCUT2D eigenvalue weighted by atomic mass is 31.2. The Kier molecular flexibility index (Phi) is 18.7. The molecule has 3 amide bonds. The highest BCUT2D eigenvalue weighted by molar-refractivity contribution is 7.48. The fourth-order valence-electron chi connectivity index (χ4n) is 8.92. The minimum atomic E-state index is -4.93. The fourth-order valence-corrected chi connectivity index (χ4v) is 10.1.